The fraction of sp³-hybridized carbons (Fsp3) is 0.625. The molecular formula is C16H20F2N2O2. The number of aryl methyl sites for hydroxylation is 1. The maximum absolute atomic E-state index is 14.7. The number of fused-ring (bicyclic) bond motifs is 1. The van der Waals surface area contributed by atoms with Crippen molar-refractivity contribution in [1.82, 2.24) is 9.88 Å². The Morgan fingerprint density at radius 3 is 2.95 bits per heavy atom. The van der Waals surface area contributed by atoms with Crippen LogP contribution < -0.4 is 0 Å². The van der Waals surface area contributed by atoms with Crippen LogP contribution in [0.2, 0.25) is 0 Å². The number of aromatic nitrogens is 1. The van der Waals surface area contributed by atoms with Crippen molar-refractivity contribution >= 4 is 5.91 Å². The van der Waals surface area contributed by atoms with Crippen LogP contribution in [0, 0.1) is 6.92 Å². The zero-order valence-electron chi connectivity index (χ0n) is 12.6. The molecule has 1 aliphatic carbocycles. The number of rotatable bonds is 2. The molecular weight excluding hydrogens is 290 g/mol. The van der Waals surface area contributed by atoms with Crippen LogP contribution in [0.5, 0.6) is 0 Å². The first-order valence-electron chi connectivity index (χ1n) is 7.74. The van der Waals surface area contributed by atoms with Crippen LogP contribution >= 0.6 is 0 Å². The van der Waals surface area contributed by atoms with Gasteiger partial charge in [-0.15, -0.1) is 0 Å². The Bertz CT molecular complexity index is 563. The van der Waals surface area contributed by atoms with Gasteiger partial charge in [0.2, 0.25) is 0 Å². The third kappa shape index (κ3) is 2.60. The summed E-state index contributed by atoms with van der Waals surface area (Å²) in [5.74, 6) is -4.74. The van der Waals surface area contributed by atoms with Crippen LogP contribution in [0.3, 0.4) is 0 Å². The van der Waals surface area contributed by atoms with Crippen LogP contribution in [0.25, 0.3) is 0 Å². The zero-order chi connectivity index (χ0) is 15.7. The molecule has 2 heterocycles. The standard InChI is InChI=1S/C16H20F2N2O2/c1-11-5-4-8-19-14(11)16(17,18)15(21)20-9-10-22-13-7-3-2-6-12(13)20/h4-5,8,12-13H,2-3,6-7,9-10H2,1H3. The minimum atomic E-state index is -3.59. The Labute approximate surface area is 128 Å². The third-order valence-corrected chi connectivity index (χ3v) is 4.57. The molecule has 22 heavy (non-hydrogen) atoms. The number of carbonyl (C=O) groups excluding carboxylic acids is 1. The predicted molar refractivity (Wildman–Crippen MR) is 76.6 cm³/mol. The summed E-state index contributed by atoms with van der Waals surface area (Å²) in [5.41, 5.74) is -0.117. The molecule has 2 fully saturated rings. The minimum Gasteiger partial charge on any atom is -0.374 e. The maximum atomic E-state index is 14.7. The number of hydrogen-bond acceptors (Lipinski definition) is 3. The number of nitrogens with zero attached hydrogens (tertiary/aromatic N) is 2. The van der Waals surface area contributed by atoms with Gasteiger partial charge in [0.1, 0.15) is 5.69 Å². The Morgan fingerprint density at radius 2 is 2.18 bits per heavy atom. The van der Waals surface area contributed by atoms with E-state index < -0.39 is 17.5 Å². The number of amides is 1. The van der Waals surface area contributed by atoms with Gasteiger partial charge in [-0.1, -0.05) is 18.9 Å². The van der Waals surface area contributed by atoms with Crippen molar-refractivity contribution in [1.29, 1.82) is 0 Å². The van der Waals surface area contributed by atoms with Gasteiger partial charge >= 0.3 is 5.92 Å². The van der Waals surface area contributed by atoms with Gasteiger partial charge in [-0.25, -0.2) is 0 Å². The Morgan fingerprint density at radius 1 is 1.41 bits per heavy atom. The highest BCUT2D eigenvalue weighted by Crippen LogP contribution is 2.35. The lowest BCUT2D eigenvalue weighted by Gasteiger charge is -2.44. The van der Waals surface area contributed by atoms with Crippen molar-refractivity contribution in [3.05, 3.63) is 29.6 Å². The van der Waals surface area contributed by atoms with Crippen LogP contribution in [0.1, 0.15) is 36.9 Å². The minimum absolute atomic E-state index is 0.105. The molecule has 1 aromatic heterocycles. The summed E-state index contributed by atoms with van der Waals surface area (Å²) in [6, 6.07) is 2.90. The second kappa shape index (κ2) is 5.91. The number of morpholine rings is 1. The summed E-state index contributed by atoms with van der Waals surface area (Å²) in [5, 5.41) is 0. The summed E-state index contributed by atoms with van der Waals surface area (Å²) in [6.45, 7) is 2.10. The van der Waals surface area contributed by atoms with E-state index in [1.165, 1.54) is 11.1 Å². The molecule has 4 nitrogen and oxygen atoms in total. The van der Waals surface area contributed by atoms with Crippen LogP contribution in [-0.2, 0) is 15.5 Å². The molecule has 2 aliphatic rings. The largest absolute Gasteiger partial charge is 0.374 e. The molecule has 120 valence electrons. The van der Waals surface area contributed by atoms with E-state index in [1.54, 1.807) is 19.1 Å². The number of halogens is 2. The van der Waals surface area contributed by atoms with Gasteiger partial charge in [0.05, 0.1) is 18.8 Å². The number of pyridine rings is 1. The van der Waals surface area contributed by atoms with E-state index in [2.05, 4.69) is 4.98 Å². The fourth-order valence-corrected chi connectivity index (χ4v) is 3.44. The second-order valence-electron chi connectivity index (χ2n) is 6.00. The number of carbonyl (C=O) groups is 1. The Kier molecular flexibility index (Phi) is 4.12. The SMILES string of the molecule is Cc1cccnc1C(F)(F)C(=O)N1CCOC2CCCCC21. The highest BCUT2D eigenvalue weighted by Gasteiger charge is 2.50. The quantitative estimate of drug-likeness (QED) is 0.843. The van der Waals surface area contributed by atoms with Gasteiger partial charge in [-0.3, -0.25) is 9.78 Å². The number of ether oxygens (including phenoxy) is 1. The topological polar surface area (TPSA) is 42.4 Å². The summed E-state index contributed by atoms with van der Waals surface area (Å²) in [7, 11) is 0. The summed E-state index contributed by atoms with van der Waals surface area (Å²) < 4.78 is 35.0. The van der Waals surface area contributed by atoms with E-state index in [4.69, 9.17) is 4.74 Å². The molecule has 0 radical (unpaired) electrons. The van der Waals surface area contributed by atoms with E-state index in [9.17, 15) is 13.6 Å². The molecule has 1 saturated carbocycles. The molecule has 1 amide bonds. The van der Waals surface area contributed by atoms with Crippen LogP contribution in [-0.4, -0.2) is 41.1 Å². The Balaban J connectivity index is 1.87. The highest BCUT2D eigenvalue weighted by molar-refractivity contribution is 5.85. The van der Waals surface area contributed by atoms with Crippen molar-refractivity contribution in [3.63, 3.8) is 0 Å². The molecule has 1 saturated heterocycles. The average molecular weight is 310 g/mol. The first-order valence-corrected chi connectivity index (χ1v) is 7.74. The van der Waals surface area contributed by atoms with E-state index in [0.29, 0.717) is 12.2 Å². The zero-order valence-corrected chi connectivity index (χ0v) is 12.6. The predicted octanol–water partition coefficient (Wildman–Crippen LogP) is 2.65. The molecule has 0 bridgehead atoms. The lowest BCUT2D eigenvalue weighted by Crippen LogP contribution is -2.58. The number of hydrogen-bond donors (Lipinski definition) is 0. The van der Waals surface area contributed by atoms with Crippen molar-refractivity contribution in [3.8, 4) is 0 Å². The molecule has 2 atom stereocenters. The van der Waals surface area contributed by atoms with Gasteiger partial charge in [-0.05, 0) is 31.4 Å². The molecule has 0 N–H and O–H groups in total. The van der Waals surface area contributed by atoms with E-state index in [1.807, 2.05) is 0 Å². The molecule has 0 spiro atoms. The van der Waals surface area contributed by atoms with Gasteiger partial charge in [0.15, 0.2) is 0 Å². The summed E-state index contributed by atoms with van der Waals surface area (Å²) in [4.78, 5) is 17.6. The molecule has 3 rings (SSSR count). The van der Waals surface area contributed by atoms with Crippen molar-refractivity contribution in [2.45, 2.75) is 50.7 Å². The smallest absolute Gasteiger partial charge is 0.366 e. The average Bonchev–Trinajstić information content (AvgIpc) is 2.54. The summed E-state index contributed by atoms with van der Waals surface area (Å²) in [6.07, 6.45) is 4.73. The molecule has 1 aromatic rings. The molecule has 2 unspecified atom stereocenters. The van der Waals surface area contributed by atoms with Gasteiger partial charge in [-0.2, -0.15) is 8.78 Å². The van der Waals surface area contributed by atoms with Gasteiger partial charge < -0.3 is 9.64 Å². The monoisotopic (exact) mass is 310 g/mol. The molecule has 1 aliphatic heterocycles. The maximum Gasteiger partial charge on any atom is 0.366 e. The van der Waals surface area contributed by atoms with Crippen molar-refractivity contribution in [2.75, 3.05) is 13.2 Å². The van der Waals surface area contributed by atoms with Crippen molar-refractivity contribution < 1.29 is 18.3 Å². The summed E-state index contributed by atoms with van der Waals surface area (Å²) >= 11 is 0. The Hall–Kier alpha value is -1.56. The molecule has 0 aromatic carbocycles. The van der Waals surface area contributed by atoms with Gasteiger partial charge in [0, 0.05) is 12.7 Å². The van der Waals surface area contributed by atoms with Gasteiger partial charge in [0.25, 0.3) is 5.91 Å². The number of alkyl halides is 2. The van der Waals surface area contributed by atoms with Crippen LogP contribution in [0.4, 0.5) is 8.78 Å². The van der Waals surface area contributed by atoms with E-state index >= 15 is 0 Å². The first-order chi connectivity index (χ1) is 10.5. The first kappa shape index (κ1) is 15.3. The normalized spacial score (nSPS) is 25.7. The van der Waals surface area contributed by atoms with E-state index in [-0.39, 0.29) is 18.7 Å². The lowest BCUT2D eigenvalue weighted by atomic mass is 9.89. The third-order valence-electron chi connectivity index (χ3n) is 4.57. The molecule has 6 heteroatoms. The lowest BCUT2D eigenvalue weighted by molar-refractivity contribution is -0.176. The highest BCUT2D eigenvalue weighted by atomic mass is 19.3. The fourth-order valence-electron chi connectivity index (χ4n) is 3.44. The van der Waals surface area contributed by atoms with Crippen molar-refractivity contribution in [2.24, 2.45) is 0 Å². The van der Waals surface area contributed by atoms with Crippen LogP contribution in [0.15, 0.2) is 18.3 Å². The second-order valence-corrected chi connectivity index (χ2v) is 6.00. The van der Waals surface area contributed by atoms with E-state index in [0.717, 1.165) is 25.7 Å².